The zero-order chi connectivity index (χ0) is 18.2. The maximum Gasteiger partial charge on any atom is 0.205 e. The lowest BCUT2D eigenvalue weighted by atomic mass is 9.79. The van der Waals surface area contributed by atoms with Crippen LogP contribution < -0.4 is 10.6 Å². The second-order valence-electron chi connectivity index (χ2n) is 7.58. The molecule has 7 nitrogen and oxygen atoms in total. The monoisotopic (exact) mass is 377 g/mol. The first-order chi connectivity index (χ1) is 12.6. The maximum atomic E-state index is 13.5. The average molecular weight is 377 g/mol. The van der Waals surface area contributed by atoms with Crippen LogP contribution in [0.15, 0.2) is 22.4 Å². The molecule has 3 N–H and O–H groups in total. The third-order valence-electron chi connectivity index (χ3n) is 6.51. The van der Waals surface area contributed by atoms with Gasteiger partial charge in [-0.05, 0) is 6.92 Å². The third-order valence-corrected chi connectivity index (χ3v) is 7.76. The number of fused-ring (bicyclic) bond motifs is 4. The second kappa shape index (κ2) is 5.65. The highest BCUT2D eigenvalue weighted by Gasteiger charge is 2.72. The molecule has 0 amide bonds. The summed E-state index contributed by atoms with van der Waals surface area (Å²) in [7, 11) is 1.60. The van der Waals surface area contributed by atoms with Crippen molar-refractivity contribution < 1.29 is 19.4 Å². The topological polar surface area (TPSA) is 101 Å². The van der Waals surface area contributed by atoms with Crippen LogP contribution in [0.2, 0.25) is 0 Å². The number of carbonyl (C=O) groups excluding carboxylic acids is 2. The van der Waals surface area contributed by atoms with E-state index in [1.807, 2.05) is 4.90 Å². The van der Waals surface area contributed by atoms with Gasteiger partial charge in [0.1, 0.15) is 0 Å². The quantitative estimate of drug-likeness (QED) is 0.427. The Labute approximate surface area is 156 Å². The molecule has 0 bridgehead atoms. The van der Waals surface area contributed by atoms with Gasteiger partial charge in [-0.15, -0.1) is 0 Å². The van der Waals surface area contributed by atoms with Crippen LogP contribution in [-0.2, 0) is 14.3 Å². The van der Waals surface area contributed by atoms with E-state index in [-0.39, 0.29) is 35.5 Å². The Hall–Kier alpha value is -1.19. The Kier molecular flexibility index (Phi) is 3.68. The van der Waals surface area contributed by atoms with Crippen LogP contribution in [-0.4, -0.2) is 83.7 Å². The van der Waals surface area contributed by atoms with Crippen LogP contribution in [0.25, 0.3) is 0 Å². The van der Waals surface area contributed by atoms with Crippen molar-refractivity contribution >= 4 is 23.3 Å². The lowest BCUT2D eigenvalue weighted by Crippen LogP contribution is -2.54. The minimum atomic E-state index is -0.830. The van der Waals surface area contributed by atoms with Gasteiger partial charge < -0.3 is 25.4 Å². The Bertz CT molecular complexity index is 772. The molecule has 3 saturated heterocycles. The number of Topliss-reactive ketones (excluding diaryl/α,β-unsaturated/α-hetero) is 2. The van der Waals surface area contributed by atoms with Gasteiger partial charge in [-0.2, -0.15) is 11.8 Å². The predicted octanol–water partition coefficient (Wildman–Crippen LogP) is -0.965. The number of ketones is 2. The lowest BCUT2D eigenvalue weighted by Gasteiger charge is -2.39. The van der Waals surface area contributed by atoms with Crippen molar-refractivity contribution in [1.82, 2.24) is 15.5 Å². The standard InChI is InChI=1S/C18H23N3O4S/c1-8-12(11-5-19-3-4-26-11)16(24)13-9(7-22)18(25-2)17-10(20-17)6-21(18)14(13)15(8)23/h9-11,17,19-20,22H,3-7H2,1-2H3. The van der Waals surface area contributed by atoms with E-state index in [9.17, 15) is 14.7 Å². The van der Waals surface area contributed by atoms with Gasteiger partial charge in [0.05, 0.1) is 24.3 Å². The molecule has 0 aromatic heterocycles. The fourth-order valence-corrected chi connectivity index (χ4v) is 6.54. The van der Waals surface area contributed by atoms with E-state index in [1.54, 1.807) is 25.8 Å². The fraction of sp³-hybridized carbons (Fsp3) is 0.667. The summed E-state index contributed by atoms with van der Waals surface area (Å²) in [5, 5.41) is 16.8. The molecule has 26 heavy (non-hydrogen) atoms. The number of carbonyl (C=O) groups is 2. The van der Waals surface area contributed by atoms with E-state index in [0.29, 0.717) is 35.5 Å². The first-order valence-electron chi connectivity index (χ1n) is 9.12. The number of rotatable bonds is 3. The van der Waals surface area contributed by atoms with Crippen molar-refractivity contribution in [2.24, 2.45) is 5.92 Å². The zero-order valence-corrected chi connectivity index (χ0v) is 15.7. The number of aliphatic hydroxyl groups is 1. The smallest absolute Gasteiger partial charge is 0.205 e. The van der Waals surface area contributed by atoms with Gasteiger partial charge in [-0.3, -0.25) is 9.59 Å². The SMILES string of the molecule is COC12C(CO)C3=C(C(=O)C(C)=C(C4CNCCS4)C3=O)N1CC1NC12. The molecule has 3 fully saturated rings. The summed E-state index contributed by atoms with van der Waals surface area (Å²) in [6, 6.07) is 0.301. The van der Waals surface area contributed by atoms with Crippen LogP contribution >= 0.6 is 11.8 Å². The van der Waals surface area contributed by atoms with Crippen molar-refractivity contribution in [1.29, 1.82) is 0 Å². The molecule has 1 aliphatic carbocycles. The Morgan fingerprint density at radius 3 is 2.81 bits per heavy atom. The summed E-state index contributed by atoms with van der Waals surface area (Å²) in [5.74, 6) is 0.244. The predicted molar refractivity (Wildman–Crippen MR) is 96.6 cm³/mol. The molecule has 0 spiro atoms. The van der Waals surface area contributed by atoms with Crippen LogP contribution in [0.3, 0.4) is 0 Å². The van der Waals surface area contributed by atoms with E-state index in [1.165, 1.54) is 0 Å². The number of allylic oxidation sites excluding steroid dienone is 1. The van der Waals surface area contributed by atoms with Crippen molar-refractivity contribution in [3.8, 4) is 0 Å². The van der Waals surface area contributed by atoms with E-state index in [0.717, 1.165) is 12.3 Å². The minimum absolute atomic E-state index is 0.0191. The summed E-state index contributed by atoms with van der Waals surface area (Å²) < 4.78 is 5.91. The minimum Gasteiger partial charge on any atom is -0.396 e. The van der Waals surface area contributed by atoms with E-state index in [2.05, 4.69) is 10.6 Å². The van der Waals surface area contributed by atoms with Gasteiger partial charge in [-0.1, -0.05) is 0 Å². The molecule has 5 rings (SSSR count). The first-order valence-corrected chi connectivity index (χ1v) is 10.2. The van der Waals surface area contributed by atoms with Gasteiger partial charge >= 0.3 is 0 Å². The molecule has 140 valence electrons. The van der Waals surface area contributed by atoms with Crippen LogP contribution in [0.5, 0.6) is 0 Å². The summed E-state index contributed by atoms with van der Waals surface area (Å²) in [6.45, 7) is 3.79. The summed E-state index contributed by atoms with van der Waals surface area (Å²) in [6.07, 6.45) is 0. The van der Waals surface area contributed by atoms with Gasteiger partial charge in [0.2, 0.25) is 5.78 Å². The third kappa shape index (κ3) is 1.89. The van der Waals surface area contributed by atoms with E-state index >= 15 is 0 Å². The average Bonchev–Trinajstić information content (AvgIpc) is 3.26. The Morgan fingerprint density at radius 1 is 1.35 bits per heavy atom. The van der Waals surface area contributed by atoms with Crippen molar-refractivity contribution in [2.45, 2.75) is 30.0 Å². The Morgan fingerprint density at radius 2 is 2.15 bits per heavy atom. The molecule has 8 heteroatoms. The largest absolute Gasteiger partial charge is 0.396 e. The molecular formula is C18H23N3O4S. The zero-order valence-electron chi connectivity index (χ0n) is 14.9. The fourth-order valence-electron chi connectivity index (χ4n) is 5.30. The van der Waals surface area contributed by atoms with Gasteiger partial charge in [0, 0.05) is 60.5 Å². The molecule has 0 aromatic rings. The van der Waals surface area contributed by atoms with Crippen molar-refractivity contribution in [3.63, 3.8) is 0 Å². The van der Waals surface area contributed by atoms with Crippen LogP contribution in [0.1, 0.15) is 6.92 Å². The number of hydrogen-bond acceptors (Lipinski definition) is 8. The molecule has 5 atom stereocenters. The van der Waals surface area contributed by atoms with Gasteiger partial charge in [0.15, 0.2) is 11.5 Å². The highest BCUT2D eigenvalue weighted by Crippen LogP contribution is 2.56. The van der Waals surface area contributed by atoms with Crippen molar-refractivity contribution in [3.05, 3.63) is 22.4 Å². The molecule has 0 aromatic carbocycles. The molecule has 0 radical (unpaired) electrons. The highest BCUT2D eigenvalue weighted by molar-refractivity contribution is 8.00. The summed E-state index contributed by atoms with van der Waals surface area (Å²) in [4.78, 5) is 28.8. The number of ether oxygens (including phenoxy) is 1. The molecule has 5 unspecified atom stereocenters. The Balaban J connectivity index is 1.61. The first kappa shape index (κ1) is 16.9. The number of methoxy groups -OCH3 is 1. The summed E-state index contributed by atoms with van der Waals surface area (Å²) in [5.41, 5.74) is 1.24. The summed E-state index contributed by atoms with van der Waals surface area (Å²) >= 11 is 1.72. The lowest BCUT2D eigenvalue weighted by molar-refractivity contribution is -0.137. The van der Waals surface area contributed by atoms with Gasteiger partial charge in [0.25, 0.3) is 0 Å². The molecular weight excluding hydrogens is 354 g/mol. The van der Waals surface area contributed by atoms with E-state index < -0.39 is 11.6 Å². The molecule has 4 heterocycles. The number of thioether (sulfide) groups is 1. The number of nitrogens with one attached hydrogen (secondary N) is 2. The van der Waals surface area contributed by atoms with Crippen LogP contribution in [0.4, 0.5) is 0 Å². The number of nitrogens with zero attached hydrogens (tertiary/aromatic N) is 1. The normalized spacial score (nSPS) is 41.6. The van der Waals surface area contributed by atoms with Gasteiger partial charge in [-0.25, -0.2) is 0 Å². The number of aliphatic hydroxyl groups excluding tert-OH is 1. The number of hydrogen-bond donors (Lipinski definition) is 3. The molecule has 0 saturated carbocycles. The maximum absolute atomic E-state index is 13.5. The van der Waals surface area contributed by atoms with Crippen LogP contribution in [0, 0.1) is 5.92 Å². The number of piperazine rings is 1. The van der Waals surface area contributed by atoms with Crippen molar-refractivity contribution in [2.75, 3.05) is 39.1 Å². The highest BCUT2D eigenvalue weighted by atomic mass is 32.2. The second-order valence-corrected chi connectivity index (χ2v) is 8.89. The molecule has 5 aliphatic rings. The molecule has 4 aliphatic heterocycles. The van der Waals surface area contributed by atoms with E-state index in [4.69, 9.17) is 4.74 Å².